The highest BCUT2D eigenvalue weighted by Gasteiger charge is 2.80. The minimum atomic E-state index is -0.313. The molecule has 1 aromatic carbocycles. The van der Waals surface area contributed by atoms with E-state index >= 15 is 0 Å². The van der Waals surface area contributed by atoms with Gasteiger partial charge in [-0.2, -0.15) is 0 Å². The van der Waals surface area contributed by atoms with E-state index < -0.39 is 0 Å². The van der Waals surface area contributed by atoms with Gasteiger partial charge in [-0.1, -0.05) is 0 Å². The SMILES string of the molecule is COc1ccc(C(=O)O[C@H]2[C@@H]3CCO[C@@H]4OCC5(O[C@@H]25)[C@@H]43)cc1. The third kappa shape index (κ3) is 1.83. The molecular formula is C17H18O6. The van der Waals surface area contributed by atoms with Gasteiger partial charge in [0.25, 0.3) is 0 Å². The summed E-state index contributed by atoms with van der Waals surface area (Å²) in [6.07, 6.45) is 0.423. The number of ether oxygens (including phenoxy) is 5. The number of benzene rings is 1. The normalized spacial score (nSPS) is 42.7. The van der Waals surface area contributed by atoms with Crippen molar-refractivity contribution in [3.05, 3.63) is 29.8 Å². The Morgan fingerprint density at radius 1 is 1.26 bits per heavy atom. The number of carbonyl (C=O) groups excluding carboxylic acids is 1. The molecule has 0 radical (unpaired) electrons. The van der Waals surface area contributed by atoms with E-state index in [2.05, 4.69) is 0 Å². The highest BCUT2D eigenvalue weighted by molar-refractivity contribution is 5.89. The highest BCUT2D eigenvalue weighted by atomic mass is 16.7. The van der Waals surface area contributed by atoms with Gasteiger partial charge in [0.1, 0.15) is 23.6 Å². The second-order valence-corrected chi connectivity index (χ2v) is 6.62. The van der Waals surface area contributed by atoms with Crippen molar-refractivity contribution in [3.63, 3.8) is 0 Å². The maximum Gasteiger partial charge on any atom is 0.338 e. The van der Waals surface area contributed by atoms with E-state index in [0.29, 0.717) is 24.5 Å². The fourth-order valence-corrected chi connectivity index (χ4v) is 4.45. The van der Waals surface area contributed by atoms with E-state index in [-0.39, 0.29) is 41.9 Å². The van der Waals surface area contributed by atoms with Crippen molar-refractivity contribution in [2.24, 2.45) is 11.8 Å². The zero-order valence-corrected chi connectivity index (χ0v) is 12.8. The summed E-state index contributed by atoms with van der Waals surface area (Å²) < 4.78 is 28.2. The Bertz CT molecular complexity index is 643. The molecule has 0 bridgehead atoms. The lowest BCUT2D eigenvalue weighted by Gasteiger charge is -2.34. The van der Waals surface area contributed by atoms with Crippen LogP contribution in [0.25, 0.3) is 0 Å². The predicted molar refractivity (Wildman–Crippen MR) is 77.1 cm³/mol. The third-order valence-electron chi connectivity index (χ3n) is 5.59. The van der Waals surface area contributed by atoms with E-state index in [9.17, 15) is 4.79 Å². The highest BCUT2D eigenvalue weighted by Crippen LogP contribution is 2.64. The quantitative estimate of drug-likeness (QED) is 0.620. The summed E-state index contributed by atoms with van der Waals surface area (Å²) in [4.78, 5) is 12.5. The molecule has 5 rings (SSSR count). The van der Waals surface area contributed by atoms with Crippen molar-refractivity contribution in [2.75, 3.05) is 20.3 Å². The molecule has 6 atom stereocenters. The average Bonchev–Trinajstić information content (AvgIpc) is 3.10. The van der Waals surface area contributed by atoms with Crippen LogP contribution in [0.1, 0.15) is 16.8 Å². The summed E-state index contributed by atoms with van der Waals surface area (Å²) in [6, 6.07) is 6.95. The first-order valence-electron chi connectivity index (χ1n) is 7.99. The number of carbonyl (C=O) groups is 1. The van der Waals surface area contributed by atoms with Crippen molar-refractivity contribution < 1.29 is 28.5 Å². The van der Waals surface area contributed by atoms with Crippen LogP contribution in [0.15, 0.2) is 24.3 Å². The fourth-order valence-electron chi connectivity index (χ4n) is 4.45. The van der Waals surface area contributed by atoms with Crippen molar-refractivity contribution in [2.45, 2.75) is 30.5 Å². The number of epoxide rings is 1. The lowest BCUT2D eigenvalue weighted by molar-refractivity contribution is -0.179. The number of methoxy groups -OCH3 is 1. The van der Waals surface area contributed by atoms with Gasteiger partial charge in [-0.3, -0.25) is 0 Å². The Hall–Kier alpha value is -1.63. The maximum atomic E-state index is 12.5. The Morgan fingerprint density at radius 3 is 2.87 bits per heavy atom. The molecule has 23 heavy (non-hydrogen) atoms. The van der Waals surface area contributed by atoms with E-state index in [1.54, 1.807) is 31.4 Å². The summed E-state index contributed by atoms with van der Waals surface area (Å²) in [5.74, 6) is 0.852. The number of rotatable bonds is 3. The summed E-state index contributed by atoms with van der Waals surface area (Å²) in [5, 5.41) is 0. The molecule has 0 amide bonds. The number of esters is 1. The van der Waals surface area contributed by atoms with Crippen LogP contribution in [0.5, 0.6) is 5.75 Å². The van der Waals surface area contributed by atoms with Gasteiger partial charge in [0.05, 0.1) is 31.8 Å². The van der Waals surface area contributed by atoms with Gasteiger partial charge >= 0.3 is 5.97 Å². The van der Waals surface area contributed by atoms with Crippen molar-refractivity contribution in [1.82, 2.24) is 0 Å². The minimum Gasteiger partial charge on any atom is -0.497 e. The summed E-state index contributed by atoms with van der Waals surface area (Å²) in [5.41, 5.74) is 0.248. The molecule has 1 unspecified atom stereocenters. The maximum absolute atomic E-state index is 12.5. The van der Waals surface area contributed by atoms with Gasteiger partial charge in [0.2, 0.25) is 0 Å². The summed E-state index contributed by atoms with van der Waals surface area (Å²) in [6.45, 7) is 1.19. The molecule has 3 aliphatic heterocycles. The monoisotopic (exact) mass is 318 g/mol. The van der Waals surface area contributed by atoms with Crippen LogP contribution in [0, 0.1) is 11.8 Å². The van der Waals surface area contributed by atoms with Gasteiger partial charge in [0, 0.05) is 5.92 Å². The second-order valence-electron chi connectivity index (χ2n) is 6.62. The smallest absolute Gasteiger partial charge is 0.338 e. The zero-order chi connectivity index (χ0) is 15.6. The lowest BCUT2D eigenvalue weighted by Crippen LogP contribution is -2.41. The van der Waals surface area contributed by atoms with Crippen molar-refractivity contribution in [3.8, 4) is 5.75 Å². The second kappa shape index (κ2) is 4.69. The molecule has 122 valence electrons. The van der Waals surface area contributed by atoms with Crippen LogP contribution in [0.3, 0.4) is 0 Å². The zero-order valence-electron chi connectivity index (χ0n) is 12.8. The molecule has 6 heteroatoms. The summed E-state index contributed by atoms with van der Waals surface area (Å²) in [7, 11) is 1.60. The molecule has 1 aliphatic carbocycles. The molecule has 0 aromatic heterocycles. The Labute approximate surface area is 133 Å². The first-order valence-corrected chi connectivity index (χ1v) is 7.99. The minimum absolute atomic E-state index is 0.0496. The molecule has 3 heterocycles. The van der Waals surface area contributed by atoms with Gasteiger partial charge < -0.3 is 23.7 Å². The Kier molecular flexibility index (Phi) is 2.81. The van der Waals surface area contributed by atoms with E-state index in [0.717, 1.165) is 6.42 Å². The average molecular weight is 318 g/mol. The Balaban J connectivity index is 1.35. The van der Waals surface area contributed by atoms with E-state index in [1.807, 2.05) is 0 Å². The van der Waals surface area contributed by atoms with Gasteiger partial charge in [-0.25, -0.2) is 4.79 Å². The molecule has 0 N–H and O–H groups in total. The number of hydrogen-bond acceptors (Lipinski definition) is 6. The van der Waals surface area contributed by atoms with Crippen LogP contribution in [0.2, 0.25) is 0 Å². The standard InChI is InChI=1S/C17H18O6/c1-19-10-4-2-9(3-5-10)15(18)22-13-11-6-7-20-16-12(11)17(8-21-16)14(13)23-17/h2-5,11-14,16H,6-8H2,1H3/t11-,12-,13+,14+,16-,17?/m1/s1. The van der Waals surface area contributed by atoms with E-state index in [1.165, 1.54) is 0 Å². The predicted octanol–water partition coefficient (Wildman–Crippen LogP) is 1.38. The van der Waals surface area contributed by atoms with Gasteiger partial charge in [0.15, 0.2) is 6.29 Å². The van der Waals surface area contributed by atoms with Gasteiger partial charge in [-0.05, 0) is 30.7 Å². The fraction of sp³-hybridized carbons (Fsp3) is 0.588. The van der Waals surface area contributed by atoms with Crippen LogP contribution >= 0.6 is 0 Å². The molecule has 4 aliphatic rings. The van der Waals surface area contributed by atoms with Crippen LogP contribution in [-0.4, -0.2) is 50.4 Å². The van der Waals surface area contributed by atoms with Crippen LogP contribution < -0.4 is 4.74 Å². The Morgan fingerprint density at radius 2 is 2.09 bits per heavy atom. The van der Waals surface area contributed by atoms with E-state index in [4.69, 9.17) is 23.7 Å². The molecular weight excluding hydrogens is 300 g/mol. The summed E-state index contributed by atoms with van der Waals surface area (Å²) >= 11 is 0. The molecule has 6 nitrogen and oxygen atoms in total. The molecule has 1 aromatic rings. The van der Waals surface area contributed by atoms with Crippen molar-refractivity contribution in [1.29, 1.82) is 0 Å². The first kappa shape index (κ1) is 13.8. The first-order chi connectivity index (χ1) is 11.2. The molecule has 1 saturated carbocycles. The largest absolute Gasteiger partial charge is 0.497 e. The van der Waals surface area contributed by atoms with Crippen LogP contribution in [0.4, 0.5) is 0 Å². The molecule has 3 saturated heterocycles. The molecule has 1 spiro atoms. The third-order valence-corrected chi connectivity index (χ3v) is 5.59. The van der Waals surface area contributed by atoms with Gasteiger partial charge in [-0.15, -0.1) is 0 Å². The van der Waals surface area contributed by atoms with Crippen LogP contribution in [-0.2, 0) is 18.9 Å². The lowest BCUT2D eigenvalue weighted by atomic mass is 9.85. The molecule has 4 fully saturated rings. The van der Waals surface area contributed by atoms with Crippen molar-refractivity contribution >= 4 is 5.97 Å². The number of hydrogen-bond donors (Lipinski definition) is 0. The topological polar surface area (TPSA) is 66.5 Å².